The Balaban J connectivity index is 1.55. The van der Waals surface area contributed by atoms with Gasteiger partial charge < -0.3 is 10.1 Å². The molecule has 1 aliphatic carbocycles. The van der Waals surface area contributed by atoms with Crippen molar-refractivity contribution in [2.75, 3.05) is 0 Å². The zero-order valence-electron chi connectivity index (χ0n) is 11.6. The standard InChI is InChI=1S/C17H17ClFNO/c18-14-3-8-17(19)13(9-14)11-21-16-6-1-12(2-7-16)10-20-15-4-5-15/h1-3,6-9,15,20H,4-5,10-11H2. The van der Waals surface area contributed by atoms with Crippen LogP contribution in [0.25, 0.3) is 0 Å². The Hall–Kier alpha value is -1.58. The Bertz CT molecular complexity index is 611. The molecule has 0 bridgehead atoms. The first-order valence-electron chi connectivity index (χ1n) is 7.10. The van der Waals surface area contributed by atoms with Crippen LogP contribution >= 0.6 is 11.6 Å². The van der Waals surface area contributed by atoms with E-state index in [2.05, 4.69) is 5.32 Å². The zero-order chi connectivity index (χ0) is 14.7. The van der Waals surface area contributed by atoms with Crippen LogP contribution < -0.4 is 10.1 Å². The first-order chi connectivity index (χ1) is 10.2. The third kappa shape index (κ3) is 4.19. The van der Waals surface area contributed by atoms with Crippen LogP contribution in [0.1, 0.15) is 24.0 Å². The summed E-state index contributed by atoms with van der Waals surface area (Å²) < 4.78 is 19.2. The summed E-state index contributed by atoms with van der Waals surface area (Å²) in [6, 6.07) is 13.0. The second kappa shape index (κ2) is 6.46. The minimum absolute atomic E-state index is 0.173. The molecule has 1 fully saturated rings. The van der Waals surface area contributed by atoms with Gasteiger partial charge in [-0.15, -0.1) is 0 Å². The first kappa shape index (κ1) is 14.4. The fraction of sp³-hybridized carbons (Fsp3) is 0.294. The molecule has 0 spiro atoms. The molecule has 0 saturated heterocycles. The highest BCUT2D eigenvalue weighted by Crippen LogP contribution is 2.21. The molecule has 0 heterocycles. The van der Waals surface area contributed by atoms with Gasteiger partial charge in [0.2, 0.25) is 0 Å². The maximum absolute atomic E-state index is 13.6. The summed E-state index contributed by atoms with van der Waals surface area (Å²) in [5.41, 5.74) is 1.69. The fourth-order valence-corrected chi connectivity index (χ4v) is 2.26. The smallest absolute Gasteiger partial charge is 0.129 e. The molecule has 0 unspecified atom stereocenters. The van der Waals surface area contributed by atoms with Gasteiger partial charge in [0.1, 0.15) is 18.2 Å². The molecule has 1 aliphatic rings. The molecule has 2 aromatic rings. The highest BCUT2D eigenvalue weighted by atomic mass is 35.5. The molecule has 1 saturated carbocycles. The number of nitrogens with one attached hydrogen (secondary N) is 1. The quantitative estimate of drug-likeness (QED) is 0.858. The average molecular weight is 306 g/mol. The number of ether oxygens (including phenoxy) is 1. The zero-order valence-corrected chi connectivity index (χ0v) is 12.4. The predicted molar refractivity (Wildman–Crippen MR) is 82.0 cm³/mol. The molecule has 110 valence electrons. The Labute approximate surface area is 128 Å². The largest absolute Gasteiger partial charge is 0.489 e. The summed E-state index contributed by atoms with van der Waals surface area (Å²) in [6.07, 6.45) is 2.57. The summed E-state index contributed by atoms with van der Waals surface area (Å²) in [5.74, 6) is 0.425. The van der Waals surface area contributed by atoms with Crippen molar-refractivity contribution in [1.29, 1.82) is 0 Å². The topological polar surface area (TPSA) is 21.3 Å². The predicted octanol–water partition coefficient (Wildman–Crippen LogP) is 4.31. The number of halogens is 2. The van der Waals surface area contributed by atoms with E-state index in [1.165, 1.54) is 30.5 Å². The van der Waals surface area contributed by atoms with E-state index in [4.69, 9.17) is 16.3 Å². The lowest BCUT2D eigenvalue weighted by Gasteiger charge is -2.09. The fourth-order valence-electron chi connectivity index (χ4n) is 2.07. The summed E-state index contributed by atoms with van der Waals surface area (Å²) in [4.78, 5) is 0. The normalized spacial score (nSPS) is 14.2. The van der Waals surface area contributed by atoms with Crippen LogP contribution in [0.2, 0.25) is 5.02 Å². The minimum atomic E-state index is -0.301. The van der Waals surface area contributed by atoms with Crippen molar-refractivity contribution in [3.05, 3.63) is 64.4 Å². The SMILES string of the molecule is Fc1ccc(Cl)cc1COc1ccc(CNC2CC2)cc1. The van der Waals surface area contributed by atoms with Crippen LogP contribution in [0.3, 0.4) is 0 Å². The van der Waals surface area contributed by atoms with E-state index in [1.54, 1.807) is 6.07 Å². The van der Waals surface area contributed by atoms with Crippen molar-refractivity contribution >= 4 is 11.6 Å². The number of rotatable bonds is 6. The van der Waals surface area contributed by atoms with E-state index in [0.29, 0.717) is 16.6 Å². The average Bonchev–Trinajstić information content (AvgIpc) is 3.31. The minimum Gasteiger partial charge on any atom is -0.489 e. The Morgan fingerprint density at radius 2 is 1.90 bits per heavy atom. The van der Waals surface area contributed by atoms with Crippen molar-refractivity contribution in [3.63, 3.8) is 0 Å². The maximum Gasteiger partial charge on any atom is 0.129 e. The molecule has 4 heteroatoms. The summed E-state index contributed by atoms with van der Waals surface area (Å²) in [7, 11) is 0. The van der Waals surface area contributed by atoms with Gasteiger partial charge in [0.25, 0.3) is 0 Å². The van der Waals surface area contributed by atoms with Crippen molar-refractivity contribution < 1.29 is 9.13 Å². The van der Waals surface area contributed by atoms with Crippen LogP contribution in [0.4, 0.5) is 4.39 Å². The number of hydrogen-bond acceptors (Lipinski definition) is 2. The Morgan fingerprint density at radius 1 is 1.14 bits per heavy atom. The van der Waals surface area contributed by atoms with Gasteiger partial charge in [0, 0.05) is 23.2 Å². The van der Waals surface area contributed by atoms with E-state index < -0.39 is 0 Å². The van der Waals surface area contributed by atoms with E-state index in [-0.39, 0.29) is 12.4 Å². The second-order valence-corrected chi connectivity index (χ2v) is 5.76. The maximum atomic E-state index is 13.6. The van der Waals surface area contributed by atoms with Crippen molar-refractivity contribution in [2.24, 2.45) is 0 Å². The third-order valence-electron chi connectivity index (χ3n) is 3.50. The van der Waals surface area contributed by atoms with Crippen LogP contribution in [0, 0.1) is 5.82 Å². The van der Waals surface area contributed by atoms with Crippen molar-refractivity contribution in [3.8, 4) is 5.75 Å². The van der Waals surface area contributed by atoms with Gasteiger partial charge in [-0.25, -0.2) is 4.39 Å². The molecule has 1 N–H and O–H groups in total. The van der Waals surface area contributed by atoms with Crippen molar-refractivity contribution in [1.82, 2.24) is 5.32 Å². The molecule has 0 amide bonds. The molecule has 0 atom stereocenters. The Kier molecular flexibility index (Phi) is 4.42. The first-order valence-corrected chi connectivity index (χ1v) is 7.47. The lowest BCUT2D eigenvalue weighted by molar-refractivity contribution is 0.300. The van der Waals surface area contributed by atoms with E-state index in [1.807, 2.05) is 24.3 Å². The molecule has 0 radical (unpaired) electrons. The van der Waals surface area contributed by atoms with E-state index in [9.17, 15) is 4.39 Å². The van der Waals surface area contributed by atoms with Gasteiger partial charge in [0.15, 0.2) is 0 Å². The van der Waals surface area contributed by atoms with E-state index >= 15 is 0 Å². The molecule has 3 rings (SSSR count). The third-order valence-corrected chi connectivity index (χ3v) is 3.73. The molecule has 2 nitrogen and oxygen atoms in total. The van der Waals surface area contributed by atoms with Gasteiger partial charge in [-0.1, -0.05) is 23.7 Å². The van der Waals surface area contributed by atoms with Crippen LogP contribution in [0.5, 0.6) is 5.75 Å². The Morgan fingerprint density at radius 3 is 2.62 bits per heavy atom. The molecule has 21 heavy (non-hydrogen) atoms. The van der Waals surface area contributed by atoms with Gasteiger partial charge >= 0.3 is 0 Å². The van der Waals surface area contributed by atoms with Gasteiger partial charge in [-0.05, 0) is 48.7 Å². The summed E-state index contributed by atoms with van der Waals surface area (Å²) in [5, 5.41) is 3.97. The van der Waals surface area contributed by atoms with E-state index in [0.717, 1.165) is 12.3 Å². The highest BCUT2D eigenvalue weighted by Gasteiger charge is 2.19. The summed E-state index contributed by atoms with van der Waals surface area (Å²) in [6.45, 7) is 1.06. The number of benzene rings is 2. The second-order valence-electron chi connectivity index (χ2n) is 5.32. The monoisotopic (exact) mass is 305 g/mol. The summed E-state index contributed by atoms with van der Waals surface area (Å²) >= 11 is 5.86. The highest BCUT2D eigenvalue weighted by molar-refractivity contribution is 6.30. The van der Waals surface area contributed by atoms with Crippen LogP contribution in [-0.4, -0.2) is 6.04 Å². The van der Waals surface area contributed by atoms with Gasteiger partial charge in [-0.2, -0.15) is 0 Å². The lowest BCUT2D eigenvalue weighted by Crippen LogP contribution is -2.15. The molecule has 2 aromatic carbocycles. The lowest BCUT2D eigenvalue weighted by atomic mass is 10.2. The van der Waals surface area contributed by atoms with Crippen LogP contribution in [-0.2, 0) is 13.2 Å². The molecule has 0 aliphatic heterocycles. The van der Waals surface area contributed by atoms with Crippen LogP contribution in [0.15, 0.2) is 42.5 Å². The van der Waals surface area contributed by atoms with Gasteiger partial charge in [-0.3, -0.25) is 0 Å². The molecular formula is C17H17ClFNO. The molecular weight excluding hydrogens is 289 g/mol. The molecule has 0 aromatic heterocycles. The number of hydrogen-bond donors (Lipinski definition) is 1. The van der Waals surface area contributed by atoms with Gasteiger partial charge in [0.05, 0.1) is 0 Å². The van der Waals surface area contributed by atoms with Crippen molar-refractivity contribution in [2.45, 2.75) is 32.0 Å².